The van der Waals surface area contributed by atoms with Gasteiger partial charge >= 0.3 is 12.1 Å². The Kier molecular flexibility index (Phi) is 6.50. The summed E-state index contributed by atoms with van der Waals surface area (Å²) in [5.41, 5.74) is 3.90. The van der Waals surface area contributed by atoms with E-state index in [4.69, 9.17) is 4.74 Å². The number of hydrogen-bond acceptors (Lipinski definition) is 4. The molecule has 0 heterocycles. The second-order valence-corrected chi connectivity index (χ2v) is 10.2. The average molecular weight is 477 g/mol. The van der Waals surface area contributed by atoms with Crippen molar-refractivity contribution in [2.75, 3.05) is 13.2 Å². The highest BCUT2D eigenvalue weighted by Crippen LogP contribution is 2.44. The first-order valence-electron chi connectivity index (χ1n) is 12.6. The van der Waals surface area contributed by atoms with Gasteiger partial charge in [0, 0.05) is 24.4 Å². The zero-order valence-electron chi connectivity index (χ0n) is 19.8. The number of carboxylic acids is 1. The zero-order valence-corrected chi connectivity index (χ0v) is 19.8. The van der Waals surface area contributed by atoms with E-state index in [0.717, 1.165) is 25.7 Å². The average Bonchev–Trinajstić information content (AvgIpc) is 3.15. The summed E-state index contributed by atoms with van der Waals surface area (Å²) in [6, 6.07) is 16.3. The number of hydrogen-bond donors (Lipinski definition) is 3. The Morgan fingerprint density at radius 2 is 1.60 bits per heavy atom. The van der Waals surface area contributed by atoms with Crippen LogP contribution in [-0.2, 0) is 14.3 Å². The molecule has 35 heavy (non-hydrogen) atoms. The summed E-state index contributed by atoms with van der Waals surface area (Å²) in [7, 11) is 0. The lowest BCUT2D eigenvalue weighted by Gasteiger charge is -2.38. The minimum absolute atomic E-state index is 0.00564. The number of ether oxygens (including phenoxy) is 1. The number of nitrogens with one attached hydrogen (secondary N) is 2. The van der Waals surface area contributed by atoms with Crippen LogP contribution in [-0.4, -0.2) is 42.3 Å². The molecule has 0 radical (unpaired) electrons. The summed E-state index contributed by atoms with van der Waals surface area (Å²) < 4.78 is 5.66. The van der Waals surface area contributed by atoms with Gasteiger partial charge in [0.1, 0.15) is 6.61 Å². The Bertz CT molecular complexity index is 1080. The molecule has 0 saturated heterocycles. The van der Waals surface area contributed by atoms with Gasteiger partial charge in [0.2, 0.25) is 5.91 Å². The fourth-order valence-electron chi connectivity index (χ4n) is 5.84. The van der Waals surface area contributed by atoms with E-state index in [2.05, 4.69) is 34.9 Å². The molecule has 2 aromatic carbocycles. The molecule has 0 spiro atoms. The fourth-order valence-corrected chi connectivity index (χ4v) is 5.84. The van der Waals surface area contributed by atoms with Gasteiger partial charge in [-0.3, -0.25) is 9.59 Å². The van der Waals surface area contributed by atoms with Gasteiger partial charge in [0.05, 0.1) is 5.41 Å². The van der Waals surface area contributed by atoms with Gasteiger partial charge in [-0.1, -0.05) is 61.4 Å². The quantitative estimate of drug-likeness (QED) is 0.547. The Labute approximate surface area is 205 Å². The van der Waals surface area contributed by atoms with Crippen molar-refractivity contribution in [2.45, 2.75) is 56.9 Å². The van der Waals surface area contributed by atoms with Crippen molar-refractivity contribution in [1.29, 1.82) is 0 Å². The van der Waals surface area contributed by atoms with Crippen molar-refractivity contribution in [1.82, 2.24) is 10.6 Å². The van der Waals surface area contributed by atoms with Crippen LogP contribution in [0.3, 0.4) is 0 Å². The normalized spacial score (nSPS) is 22.3. The number of amides is 2. The lowest BCUT2D eigenvalue weighted by atomic mass is 9.68. The molecule has 2 aromatic rings. The molecule has 0 aromatic heterocycles. The van der Waals surface area contributed by atoms with Gasteiger partial charge in [-0.05, 0) is 54.4 Å². The number of carbonyl (C=O) groups is 3. The summed E-state index contributed by atoms with van der Waals surface area (Å²) >= 11 is 0. The second-order valence-electron chi connectivity index (χ2n) is 10.2. The lowest BCUT2D eigenvalue weighted by Crippen LogP contribution is -2.49. The molecular formula is C28H32N2O5. The van der Waals surface area contributed by atoms with Crippen molar-refractivity contribution >= 4 is 18.0 Å². The third-order valence-electron chi connectivity index (χ3n) is 8.08. The lowest BCUT2D eigenvalue weighted by molar-refractivity contribution is -0.154. The Morgan fingerprint density at radius 3 is 2.20 bits per heavy atom. The maximum atomic E-state index is 12.7. The molecule has 0 aliphatic heterocycles. The summed E-state index contributed by atoms with van der Waals surface area (Å²) in [5, 5.41) is 15.3. The van der Waals surface area contributed by atoms with Gasteiger partial charge in [-0.25, -0.2) is 4.79 Å². The smallest absolute Gasteiger partial charge is 0.407 e. The highest BCUT2D eigenvalue weighted by Gasteiger charge is 2.45. The van der Waals surface area contributed by atoms with E-state index in [1.807, 2.05) is 24.3 Å². The third-order valence-corrected chi connectivity index (χ3v) is 8.08. The van der Waals surface area contributed by atoms with E-state index in [1.54, 1.807) is 0 Å². The van der Waals surface area contributed by atoms with Crippen LogP contribution in [0.15, 0.2) is 48.5 Å². The first-order chi connectivity index (χ1) is 17.0. The van der Waals surface area contributed by atoms with Gasteiger partial charge in [0.25, 0.3) is 0 Å². The van der Waals surface area contributed by atoms with E-state index < -0.39 is 17.5 Å². The number of alkyl carbamates (subject to hydrolysis) is 1. The number of benzene rings is 2. The molecule has 0 unspecified atom stereocenters. The minimum Gasteiger partial charge on any atom is -0.481 e. The number of fused-ring (bicyclic) bond motifs is 3. The molecule has 2 amide bonds. The molecule has 7 nitrogen and oxygen atoms in total. The fraction of sp³-hybridized carbons (Fsp3) is 0.464. The summed E-state index contributed by atoms with van der Waals surface area (Å²) in [4.78, 5) is 36.9. The van der Waals surface area contributed by atoms with Crippen LogP contribution in [0.2, 0.25) is 0 Å². The Balaban J connectivity index is 1.13. The van der Waals surface area contributed by atoms with Crippen molar-refractivity contribution in [3.05, 3.63) is 59.7 Å². The predicted octanol–water partition coefficient (Wildman–Crippen LogP) is 4.46. The van der Waals surface area contributed by atoms with E-state index in [1.165, 1.54) is 22.3 Å². The highest BCUT2D eigenvalue weighted by atomic mass is 16.5. The molecule has 0 bridgehead atoms. The second kappa shape index (κ2) is 9.72. The van der Waals surface area contributed by atoms with E-state index in [-0.39, 0.29) is 36.9 Å². The van der Waals surface area contributed by atoms with Crippen molar-refractivity contribution in [3.8, 4) is 11.1 Å². The van der Waals surface area contributed by atoms with Crippen LogP contribution in [0.1, 0.15) is 62.0 Å². The van der Waals surface area contributed by atoms with E-state index >= 15 is 0 Å². The highest BCUT2D eigenvalue weighted by molar-refractivity contribution is 5.81. The minimum atomic E-state index is -0.831. The molecule has 2 saturated carbocycles. The number of carboxylic acid groups (broad SMARTS) is 1. The van der Waals surface area contributed by atoms with Gasteiger partial charge < -0.3 is 20.5 Å². The maximum absolute atomic E-state index is 12.7. The molecule has 3 N–H and O–H groups in total. The predicted molar refractivity (Wildman–Crippen MR) is 131 cm³/mol. The molecule has 5 rings (SSSR count). The first kappa shape index (κ1) is 23.4. The standard InChI is InChI=1S/C28H32N2O5/c31-25(29-17-28(26(32)33)13-6-14-28)18-7-5-8-19(15-18)30-27(34)35-16-24-22-11-3-1-9-20(22)21-10-2-4-12-23(21)24/h1-4,9-12,18-19,24H,5-8,13-17H2,(H,29,31)(H,30,34)(H,32,33)/t18-,19-/m1/s1. The summed E-state index contributed by atoms with van der Waals surface area (Å²) in [6.07, 6.45) is 4.56. The first-order valence-corrected chi connectivity index (χ1v) is 12.6. The van der Waals surface area contributed by atoms with Crippen LogP contribution in [0.5, 0.6) is 0 Å². The van der Waals surface area contributed by atoms with E-state index in [9.17, 15) is 19.5 Å². The molecule has 7 heteroatoms. The number of aliphatic carboxylic acids is 1. The van der Waals surface area contributed by atoms with Crippen LogP contribution in [0.4, 0.5) is 4.79 Å². The van der Waals surface area contributed by atoms with Gasteiger partial charge in [-0.2, -0.15) is 0 Å². The van der Waals surface area contributed by atoms with E-state index in [0.29, 0.717) is 19.3 Å². The third kappa shape index (κ3) is 4.64. The molecule has 3 aliphatic carbocycles. The summed E-state index contributed by atoms with van der Waals surface area (Å²) in [6.45, 7) is 0.440. The van der Waals surface area contributed by atoms with Gasteiger partial charge in [-0.15, -0.1) is 0 Å². The van der Waals surface area contributed by atoms with Crippen molar-refractivity contribution in [3.63, 3.8) is 0 Å². The topological polar surface area (TPSA) is 105 Å². The van der Waals surface area contributed by atoms with Crippen molar-refractivity contribution < 1.29 is 24.2 Å². The SMILES string of the molecule is O=C(N[C@@H]1CCC[C@@H](C(=O)NCC2(C(=O)O)CCC2)C1)OCC1c2ccccc2-c2ccccc21. The summed E-state index contributed by atoms with van der Waals surface area (Å²) in [5.74, 6) is -1.17. The molecule has 2 atom stereocenters. The maximum Gasteiger partial charge on any atom is 0.407 e. The molecule has 3 aliphatic rings. The largest absolute Gasteiger partial charge is 0.481 e. The number of carbonyl (C=O) groups excluding carboxylic acids is 2. The van der Waals surface area contributed by atoms with Crippen LogP contribution >= 0.6 is 0 Å². The number of rotatable bonds is 7. The molecular weight excluding hydrogens is 444 g/mol. The Morgan fingerprint density at radius 1 is 0.943 bits per heavy atom. The molecule has 2 fully saturated rings. The monoisotopic (exact) mass is 476 g/mol. The van der Waals surface area contributed by atoms with Crippen LogP contribution in [0, 0.1) is 11.3 Å². The zero-order chi connectivity index (χ0) is 24.4. The van der Waals surface area contributed by atoms with Crippen LogP contribution in [0.25, 0.3) is 11.1 Å². The van der Waals surface area contributed by atoms with Crippen LogP contribution < -0.4 is 10.6 Å². The Hall–Kier alpha value is -3.35. The van der Waals surface area contributed by atoms with Gasteiger partial charge in [0.15, 0.2) is 0 Å². The van der Waals surface area contributed by atoms with Crippen molar-refractivity contribution in [2.24, 2.45) is 11.3 Å². The molecule has 184 valence electrons.